The number of benzene rings is 3. The molecule has 0 saturated carbocycles. The molecule has 0 unspecified atom stereocenters. The number of ketones is 1. The summed E-state index contributed by atoms with van der Waals surface area (Å²) in [6.45, 7) is 3.98. The number of nitrogens with one attached hydrogen (secondary N) is 2. The van der Waals surface area contributed by atoms with Crippen LogP contribution in [0.15, 0.2) is 54.7 Å². The third-order valence-corrected chi connectivity index (χ3v) is 9.60. The molecule has 5 aromatic rings. The van der Waals surface area contributed by atoms with E-state index in [9.17, 15) is 22.8 Å². The van der Waals surface area contributed by atoms with Crippen LogP contribution in [-0.4, -0.2) is 71.8 Å². The lowest BCUT2D eigenvalue weighted by Crippen LogP contribution is -2.58. The number of fused-ring (bicyclic) bond motifs is 4. The molecule has 10 nitrogen and oxygen atoms in total. The number of rotatable bonds is 9. The van der Waals surface area contributed by atoms with Crippen LogP contribution in [0.5, 0.6) is 0 Å². The van der Waals surface area contributed by atoms with Crippen LogP contribution in [0.3, 0.4) is 0 Å². The fraction of sp³-hybridized carbons (Fsp3) is 0.324. The number of likely N-dealkylation sites (N-methyl/N-ethyl adjacent to an activating group) is 1. The molecule has 0 bridgehead atoms. The summed E-state index contributed by atoms with van der Waals surface area (Å²) < 4.78 is 89.1. The van der Waals surface area contributed by atoms with Crippen LogP contribution in [0.25, 0.3) is 33.1 Å². The number of anilines is 2. The molecule has 7 rings (SSSR count). The summed E-state index contributed by atoms with van der Waals surface area (Å²) in [5, 5.41) is 5.69. The Bertz CT molecular complexity index is 2260. The van der Waals surface area contributed by atoms with Crippen molar-refractivity contribution in [1.82, 2.24) is 19.4 Å². The zero-order chi connectivity index (χ0) is 37.1. The van der Waals surface area contributed by atoms with Gasteiger partial charge in [0, 0.05) is 80.8 Å². The van der Waals surface area contributed by atoms with Crippen molar-refractivity contribution < 1.29 is 41.0 Å². The summed E-state index contributed by atoms with van der Waals surface area (Å²) in [4.78, 5) is 32.8. The number of nitrogens with zero attached hydrogens (tertiary/aromatic N) is 4. The molecule has 2 N–H and O–H groups in total. The molecular weight excluding hydrogens is 687 g/mol. The summed E-state index contributed by atoms with van der Waals surface area (Å²) in [6.07, 6.45) is -0.604. The van der Waals surface area contributed by atoms with Gasteiger partial charge in [-0.2, -0.15) is 13.2 Å². The van der Waals surface area contributed by atoms with E-state index < -0.39 is 40.8 Å². The van der Waals surface area contributed by atoms with Crippen molar-refractivity contribution >= 4 is 45.0 Å². The Balaban J connectivity index is 1.27. The van der Waals surface area contributed by atoms with Crippen LogP contribution >= 0.6 is 0 Å². The van der Waals surface area contributed by atoms with Gasteiger partial charge in [-0.15, -0.1) is 0 Å². The number of carbonyl (C=O) groups excluding carboxylic acids is 2. The summed E-state index contributed by atoms with van der Waals surface area (Å²) in [6, 6.07) is 7.44. The van der Waals surface area contributed by atoms with Crippen LogP contribution in [0.2, 0.25) is 0 Å². The molecule has 2 aromatic heterocycles. The van der Waals surface area contributed by atoms with Crippen LogP contribution in [-0.2, 0) is 40.6 Å². The molecule has 2 aliphatic rings. The maximum absolute atomic E-state index is 15.3. The number of alkyl halides is 3. The van der Waals surface area contributed by atoms with Crippen molar-refractivity contribution in [3.63, 3.8) is 0 Å². The molecule has 1 fully saturated rings. The highest BCUT2D eigenvalue weighted by atomic mass is 19.4. The quantitative estimate of drug-likeness (QED) is 0.106. The molecule has 3 aromatic carbocycles. The van der Waals surface area contributed by atoms with E-state index in [1.54, 1.807) is 46.3 Å². The molecule has 2 aliphatic heterocycles. The Morgan fingerprint density at radius 1 is 1.10 bits per heavy atom. The lowest BCUT2D eigenvalue weighted by molar-refractivity contribution is -0.137. The van der Waals surface area contributed by atoms with Gasteiger partial charge in [-0.3, -0.25) is 9.59 Å². The van der Waals surface area contributed by atoms with E-state index in [0.717, 1.165) is 24.3 Å². The normalized spacial score (nSPS) is 15.5. The van der Waals surface area contributed by atoms with E-state index in [4.69, 9.17) is 9.47 Å². The summed E-state index contributed by atoms with van der Waals surface area (Å²) in [7, 11) is 4.80. The monoisotopic (exact) mass is 722 g/mol. The van der Waals surface area contributed by atoms with Crippen molar-refractivity contribution in [2.45, 2.75) is 31.8 Å². The van der Waals surface area contributed by atoms with Crippen molar-refractivity contribution in [2.75, 3.05) is 50.7 Å². The van der Waals surface area contributed by atoms with Crippen molar-refractivity contribution in [2.24, 2.45) is 7.05 Å². The predicted octanol–water partition coefficient (Wildman–Crippen LogP) is 6.19. The lowest BCUT2D eigenvalue weighted by Gasteiger charge is -2.38. The topological polar surface area (TPSA) is 103 Å². The highest BCUT2D eigenvalue weighted by Gasteiger charge is 2.39. The van der Waals surface area contributed by atoms with Crippen LogP contribution in [0.1, 0.15) is 34.2 Å². The molecule has 15 heteroatoms. The summed E-state index contributed by atoms with van der Waals surface area (Å²) in [5.74, 6) is -3.39. The SMILES string of the molecule is COCc1nc2c3c(c(C(F)(F)F)cc2n1C)-c1cccc2c(C(=O)c4cc(F)c(NC(=O)/C=C/CNC5(C)COC5)c(F)c4)cn(c12)CCN3C. The van der Waals surface area contributed by atoms with E-state index >= 15 is 8.78 Å². The van der Waals surface area contributed by atoms with Crippen molar-refractivity contribution in [3.05, 3.63) is 88.9 Å². The Morgan fingerprint density at radius 2 is 1.83 bits per heavy atom. The number of halogens is 5. The molecule has 0 atom stereocenters. The van der Waals surface area contributed by atoms with Crippen LogP contribution in [0.4, 0.5) is 33.3 Å². The van der Waals surface area contributed by atoms with Gasteiger partial charge in [0.2, 0.25) is 5.91 Å². The van der Waals surface area contributed by atoms with Gasteiger partial charge in [0.05, 0.1) is 41.0 Å². The number of aryl methyl sites for hydroxylation is 1. The molecule has 52 heavy (non-hydrogen) atoms. The summed E-state index contributed by atoms with van der Waals surface area (Å²) >= 11 is 0. The highest BCUT2D eigenvalue weighted by molar-refractivity contribution is 6.19. The first-order valence-electron chi connectivity index (χ1n) is 16.5. The number of para-hydroxylation sites is 1. The third-order valence-electron chi connectivity index (χ3n) is 9.60. The second-order valence-electron chi connectivity index (χ2n) is 13.4. The van der Waals surface area contributed by atoms with Gasteiger partial charge in [-0.1, -0.05) is 24.3 Å². The van der Waals surface area contributed by atoms with Gasteiger partial charge >= 0.3 is 6.18 Å². The number of carbonyl (C=O) groups is 2. The predicted molar refractivity (Wildman–Crippen MR) is 185 cm³/mol. The molecule has 272 valence electrons. The number of aromatic nitrogens is 3. The number of amides is 1. The third kappa shape index (κ3) is 6.11. The molecule has 1 amide bonds. The number of imidazole rings is 1. The zero-order valence-corrected chi connectivity index (χ0v) is 28.8. The van der Waals surface area contributed by atoms with Gasteiger partial charge in [0.15, 0.2) is 5.78 Å². The molecule has 0 spiro atoms. The largest absolute Gasteiger partial charge is 0.417 e. The van der Waals surface area contributed by atoms with Crippen molar-refractivity contribution in [1.29, 1.82) is 0 Å². The Hall–Kier alpha value is -5.12. The zero-order valence-electron chi connectivity index (χ0n) is 28.8. The minimum Gasteiger partial charge on any atom is -0.377 e. The summed E-state index contributed by atoms with van der Waals surface area (Å²) in [5.41, 5.74) is -0.644. The minimum absolute atomic E-state index is 0.0504. The maximum atomic E-state index is 15.3. The highest BCUT2D eigenvalue weighted by Crippen LogP contribution is 2.49. The second kappa shape index (κ2) is 13.1. The van der Waals surface area contributed by atoms with E-state index in [1.807, 2.05) is 6.92 Å². The average Bonchev–Trinajstić information content (AvgIpc) is 3.61. The molecule has 4 heterocycles. The average molecular weight is 723 g/mol. The Labute approximate surface area is 294 Å². The van der Waals surface area contributed by atoms with E-state index in [0.29, 0.717) is 42.0 Å². The number of methoxy groups -OCH3 is 1. The lowest BCUT2D eigenvalue weighted by atomic mass is 9.92. The van der Waals surface area contributed by atoms with Gasteiger partial charge < -0.3 is 34.1 Å². The fourth-order valence-corrected chi connectivity index (χ4v) is 6.89. The standard InChI is InChI=1S/C37H35F5N6O4/c1-36(18-52-19-36)43-10-6-9-29(49)45-31-25(38)13-20(14-26(31)39)35(50)23-16-48-12-11-46(2)34-30(22-8-5-7-21(23)33(22)48)24(37(40,41)42)15-27-32(34)44-28(17-51-4)47(27)3/h5-9,13-16,43H,10-12,17-19H2,1-4H3,(H,45,49)/b9-6+. The van der Waals surface area contributed by atoms with Gasteiger partial charge in [-0.25, -0.2) is 13.8 Å². The number of hydrogen-bond donors (Lipinski definition) is 2. The molecule has 0 radical (unpaired) electrons. The molecule has 1 saturated heterocycles. The Morgan fingerprint density at radius 3 is 2.48 bits per heavy atom. The number of ether oxygens (including phenoxy) is 2. The maximum Gasteiger partial charge on any atom is 0.417 e. The van der Waals surface area contributed by atoms with Crippen molar-refractivity contribution in [3.8, 4) is 11.1 Å². The van der Waals surface area contributed by atoms with E-state index in [1.165, 1.54) is 19.4 Å². The second-order valence-corrected chi connectivity index (χ2v) is 13.4. The van der Waals surface area contributed by atoms with Gasteiger partial charge in [0.25, 0.3) is 0 Å². The van der Waals surface area contributed by atoms with E-state index in [2.05, 4.69) is 15.6 Å². The Kier molecular flexibility index (Phi) is 8.91. The van der Waals surface area contributed by atoms with Crippen LogP contribution in [0, 0.1) is 11.6 Å². The van der Waals surface area contributed by atoms with Gasteiger partial charge in [0.1, 0.15) is 35.3 Å². The smallest absolute Gasteiger partial charge is 0.377 e. The number of hydrogen-bond acceptors (Lipinski definition) is 7. The fourth-order valence-electron chi connectivity index (χ4n) is 6.89. The minimum atomic E-state index is -4.76. The first kappa shape index (κ1) is 35.3. The first-order chi connectivity index (χ1) is 24.7. The van der Waals surface area contributed by atoms with E-state index in [-0.39, 0.29) is 58.7 Å². The van der Waals surface area contributed by atoms with Gasteiger partial charge in [-0.05, 0) is 25.1 Å². The molecular formula is C37H35F5N6O4. The first-order valence-corrected chi connectivity index (χ1v) is 16.5. The van der Waals surface area contributed by atoms with Crippen LogP contribution < -0.4 is 15.5 Å². The molecule has 0 aliphatic carbocycles.